The fraction of sp³-hybridized carbons (Fsp3) is 0.933. The number of hydrogen-bond acceptors (Lipinski definition) is 1. The Morgan fingerprint density at radius 2 is 2.17 bits per heavy atom. The van der Waals surface area contributed by atoms with Crippen molar-refractivity contribution in [3.8, 4) is 0 Å². The Balaban J connectivity index is 1.36. The lowest BCUT2D eigenvalue weighted by Gasteiger charge is -2.22. The van der Waals surface area contributed by atoms with Crippen molar-refractivity contribution in [1.82, 2.24) is 10.2 Å². The van der Waals surface area contributed by atoms with Crippen LogP contribution in [0.15, 0.2) is 0 Å². The molecule has 1 aliphatic heterocycles. The molecule has 4 atom stereocenters. The zero-order valence-electron chi connectivity index (χ0n) is 11.5. The van der Waals surface area contributed by atoms with Crippen molar-refractivity contribution >= 4 is 6.03 Å². The molecule has 2 saturated carbocycles. The van der Waals surface area contributed by atoms with Crippen LogP contribution in [0.4, 0.5) is 4.79 Å². The predicted molar refractivity (Wildman–Crippen MR) is 72.3 cm³/mol. The van der Waals surface area contributed by atoms with Gasteiger partial charge in [-0.3, -0.25) is 0 Å². The molecule has 4 unspecified atom stereocenters. The summed E-state index contributed by atoms with van der Waals surface area (Å²) in [7, 11) is 0. The van der Waals surface area contributed by atoms with Crippen LogP contribution in [0.2, 0.25) is 0 Å². The maximum atomic E-state index is 11.9. The summed E-state index contributed by atoms with van der Waals surface area (Å²) in [6.07, 6.45) is 8.20. The van der Waals surface area contributed by atoms with Crippen LogP contribution in [0.5, 0.6) is 0 Å². The minimum absolute atomic E-state index is 0.169. The molecule has 0 spiro atoms. The van der Waals surface area contributed by atoms with Crippen molar-refractivity contribution in [3.63, 3.8) is 0 Å². The van der Waals surface area contributed by atoms with Crippen LogP contribution >= 0.6 is 0 Å². The summed E-state index contributed by atoms with van der Waals surface area (Å²) in [6, 6.07) is 0.169. The smallest absolute Gasteiger partial charge is 0.317 e. The number of urea groups is 1. The van der Waals surface area contributed by atoms with Gasteiger partial charge in [-0.1, -0.05) is 13.3 Å². The van der Waals surface area contributed by atoms with Crippen LogP contribution in [-0.4, -0.2) is 30.6 Å². The van der Waals surface area contributed by atoms with Crippen molar-refractivity contribution in [1.29, 1.82) is 0 Å². The number of carbonyl (C=O) groups is 1. The Hall–Kier alpha value is -0.730. The van der Waals surface area contributed by atoms with Gasteiger partial charge in [-0.05, 0) is 55.8 Å². The standard InChI is InChI=1S/C15H26N2O/c1-11-5-7-17(10-11)15(18)16-6-4-14-9-12-2-3-13(14)8-12/h11-14H,2-10H2,1H3,(H,16,18). The van der Waals surface area contributed by atoms with Crippen molar-refractivity contribution in [2.24, 2.45) is 23.7 Å². The first-order valence-electron chi connectivity index (χ1n) is 7.75. The highest BCUT2D eigenvalue weighted by molar-refractivity contribution is 5.74. The molecule has 3 heteroatoms. The van der Waals surface area contributed by atoms with Crippen molar-refractivity contribution in [2.75, 3.05) is 19.6 Å². The number of fused-ring (bicyclic) bond motifs is 2. The molecule has 3 rings (SSSR count). The van der Waals surface area contributed by atoms with Crippen molar-refractivity contribution < 1.29 is 4.79 Å². The molecule has 2 bridgehead atoms. The van der Waals surface area contributed by atoms with E-state index in [9.17, 15) is 4.79 Å². The highest BCUT2D eigenvalue weighted by Gasteiger charge is 2.38. The minimum Gasteiger partial charge on any atom is -0.338 e. The zero-order chi connectivity index (χ0) is 12.5. The number of likely N-dealkylation sites (tertiary alicyclic amines) is 1. The highest BCUT2D eigenvalue weighted by Crippen LogP contribution is 2.49. The van der Waals surface area contributed by atoms with E-state index in [1.54, 1.807) is 0 Å². The molecule has 3 aliphatic rings. The zero-order valence-corrected chi connectivity index (χ0v) is 11.5. The summed E-state index contributed by atoms with van der Waals surface area (Å²) < 4.78 is 0. The third-order valence-electron chi connectivity index (χ3n) is 5.39. The summed E-state index contributed by atoms with van der Waals surface area (Å²) in [6.45, 7) is 5.00. The third kappa shape index (κ3) is 2.50. The Morgan fingerprint density at radius 3 is 2.78 bits per heavy atom. The SMILES string of the molecule is CC1CCN(C(=O)NCCC2CC3CCC2C3)C1. The highest BCUT2D eigenvalue weighted by atomic mass is 16.2. The molecule has 2 aliphatic carbocycles. The van der Waals surface area contributed by atoms with Crippen LogP contribution in [0.3, 0.4) is 0 Å². The summed E-state index contributed by atoms with van der Waals surface area (Å²) in [5.41, 5.74) is 0. The molecule has 1 N–H and O–H groups in total. The Labute approximate surface area is 110 Å². The van der Waals surface area contributed by atoms with E-state index in [1.165, 1.54) is 38.5 Å². The monoisotopic (exact) mass is 250 g/mol. The van der Waals surface area contributed by atoms with Crippen LogP contribution in [0.1, 0.15) is 45.4 Å². The predicted octanol–water partition coefficient (Wildman–Crippen LogP) is 2.86. The van der Waals surface area contributed by atoms with E-state index in [4.69, 9.17) is 0 Å². The summed E-state index contributed by atoms with van der Waals surface area (Å²) in [4.78, 5) is 13.9. The van der Waals surface area contributed by atoms with E-state index in [1.807, 2.05) is 4.90 Å². The van der Waals surface area contributed by atoms with E-state index >= 15 is 0 Å². The van der Waals surface area contributed by atoms with Crippen LogP contribution in [0, 0.1) is 23.7 Å². The van der Waals surface area contributed by atoms with Gasteiger partial charge in [-0.15, -0.1) is 0 Å². The molecule has 2 amide bonds. The Bertz CT molecular complexity index is 318. The second kappa shape index (κ2) is 5.10. The molecular weight excluding hydrogens is 224 g/mol. The summed E-state index contributed by atoms with van der Waals surface area (Å²) >= 11 is 0. The van der Waals surface area contributed by atoms with Gasteiger partial charge < -0.3 is 10.2 Å². The maximum absolute atomic E-state index is 11.9. The van der Waals surface area contributed by atoms with Gasteiger partial charge in [-0.25, -0.2) is 4.79 Å². The average Bonchev–Trinajstić information content (AvgIpc) is 3.04. The number of amides is 2. The molecule has 0 radical (unpaired) electrons. The van der Waals surface area contributed by atoms with Crippen molar-refractivity contribution in [3.05, 3.63) is 0 Å². The van der Waals surface area contributed by atoms with Crippen molar-refractivity contribution in [2.45, 2.75) is 45.4 Å². The van der Waals surface area contributed by atoms with E-state index in [0.717, 1.165) is 37.4 Å². The second-order valence-electron chi connectivity index (χ2n) is 6.80. The first-order valence-corrected chi connectivity index (χ1v) is 7.75. The van der Waals surface area contributed by atoms with E-state index in [-0.39, 0.29) is 6.03 Å². The quantitative estimate of drug-likeness (QED) is 0.820. The molecule has 0 aromatic carbocycles. The fourth-order valence-electron chi connectivity index (χ4n) is 4.33. The number of nitrogens with zero attached hydrogens (tertiary/aromatic N) is 1. The van der Waals surface area contributed by atoms with Gasteiger partial charge in [0.15, 0.2) is 0 Å². The van der Waals surface area contributed by atoms with Gasteiger partial charge in [0.05, 0.1) is 0 Å². The molecule has 102 valence electrons. The Kier molecular flexibility index (Phi) is 3.49. The molecular formula is C15H26N2O. The molecule has 1 saturated heterocycles. The number of carbonyl (C=O) groups excluding carboxylic acids is 1. The van der Waals surface area contributed by atoms with Gasteiger partial charge in [0, 0.05) is 19.6 Å². The lowest BCUT2D eigenvalue weighted by Crippen LogP contribution is -2.39. The first kappa shape index (κ1) is 12.3. The topological polar surface area (TPSA) is 32.3 Å². The van der Waals surface area contributed by atoms with E-state index < -0.39 is 0 Å². The normalized spacial score (nSPS) is 38.4. The van der Waals surface area contributed by atoms with Gasteiger partial charge >= 0.3 is 6.03 Å². The number of nitrogens with one attached hydrogen (secondary N) is 1. The number of hydrogen-bond donors (Lipinski definition) is 1. The third-order valence-corrected chi connectivity index (χ3v) is 5.39. The maximum Gasteiger partial charge on any atom is 0.317 e. The van der Waals surface area contributed by atoms with Gasteiger partial charge in [0.1, 0.15) is 0 Å². The largest absolute Gasteiger partial charge is 0.338 e. The minimum atomic E-state index is 0.169. The summed E-state index contributed by atoms with van der Waals surface area (Å²) in [5.74, 6) is 3.59. The first-order chi connectivity index (χ1) is 8.72. The molecule has 0 aromatic rings. The fourth-order valence-corrected chi connectivity index (χ4v) is 4.33. The second-order valence-corrected chi connectivity index (χ2v) is 6.80. The molecule has 3 nitrogen and oxygen atoms in total. The van der Waals surface area contributed by atoms with Crippen LogP contribution in [-0.2, 0) is 0 Å². The molecule has 18 heavy (non-hydrogen) atoms. The van der Waals surface area contributed by atoms with Crippen LogP contribution in [0.25, 0.3) is 0 Å². The van der Waals surface area contributed by atoms with Gasteiger partial charge in [0.2, 0.25) is 0 Å². The average molecular weight is 250 g/mol. The lowest BCUT2D eigenvalue weighted by atomic mass is 9.86. The number of rotatable bonds is 3. The van der Waals surface area contributed by atoms with Gasteiger partial charge in [0.25, 0.3) is 0 Å². The van der Waals surface area contributed by atoms with E-state index in [0.29, 0.717) is 5.92 Å². The molecule has 3 fully saturated rings. The summed E-state index contributed by atoms with van der Waals surface area (Å²) in [5, 5.41) is 3.12. The van der Waals surface area contributed by atoms with Gasteiger partial charge in [-0.2, -0.15) is 0 Å². The molecule has 0 aromatic heterocycles. The van der Waals surface area contributed by atoms with E-state index in [2.05, 4.69) is 12.2 Å². The Morgan fingerprint density at radius 1 is 1.28 bits per heavy atom. The molecule has 1 heterocycles. The lowest BCUT2D eigenvalue weighted by molar-refractivity contribution is 0.205. The van der Waals surface area contributed by atoms with Crippen LogP contribution < -0.4 is 5.32 Å².